The lowest BCUT2D eigenvalue weighted by molar-refractivity contribution is 0.0977. The molecule has 0 fully saturated rings. The van der Waals surface area contributed by atoms with Crippen molar-refractivity contribution in [3.8, 4) is 17.2 Å². The second kappa shape index (κ2) is 7.69. The standard InChI is InChI=1S/C21H14FN3O3S/c22-13-7-5-12(6-8-13)19(27)25-21(29)23-14-9-10-15(17(26)11-14)20-24-16-3-1-2-4-18(16)28-20/h1-11,26H,(H2,23,25,27,29). The minimum absolute atomic E-state index is 0.0355. The molecular weight excluding hydrogens is 393 g/mol. The number of aromatic hydroxyl groups is 1. The Kier molecular flexibility index (Phi) is 4.92. The fourth-order valence-electron chi connectivity index (χ4n) is 2.72. The fraction of sp³-hybridized carbons (Fsp3) is 0. The summed E-state index contributed by atoms with van der Waals surface area (Å²) in [6.07, 6.45) is 0. The lowest BCUT2D eigenvalue weighted by Crippen LogP contribution is -2.34. The Balaban J connectivity index is 1.47. The van der Waals surface area contributed by atoms with Crippen molar-refractivity contribution < 1.29 is 18.7 Å². The molecule has 4 rings (SSSR count). The number of para-hydroxylation sites is 2. The van der Waals surface area contributed by atoms with Crippen molar-refractivity contribution in [2.75, 3.05) is 5.32 Å². The maximum atomic E-state index is 12.9. The summed E-state index contributed by atoms with van der Waals surface area (Å²) >= 11 is 5.12. The van der Waals surface area contributed by atoms with E-state index in [-0.39, 0.29) is 16.4 Å². The van der Waals surface area contributed by atoms with Gasteiger partial charge in [-0.3, -0.25) is 10.1 Å². The maximum absolute atomic E-state index is 12.9. The second-order valence-corrected chi connectivity index (χ2v) is 6.54. The normalized spacial score (nSPS) is 10.7. The van der Waals surface area contributed by atoms with Crippen LogP contribution >= 0.6 is 12.2 Å². The van der Waals surface area contributed by atoms with E-state index in [1.807, 2.05) is 18.2 Å². The van der Waals surface area contributed by atoms with Crippen LogP contribution in [-0.4, -0.2) is 21.1 Å². The van der Waals surface area contributed by atoms with Crippen molar-refractivity contribution in [2.45, 2.75) is 0 Å². The number of carbonyl (C=O) groups excluding carboxylic acids is 1. The van der Waals surface area contributed by atoms with E-state index in [1.54, 1.807) is 18.2 Å². The topological polar surface area (TPSA) is 87.4 Å². The minimum Gasteiger partial charge on any atom is -0.507 e. The number of phenols is 1. The third kappa shape index (κ3) is 4.07. The van der Waals surface area contributed by atoms with Crippen LogP contribution in [0.2, 0.25) is 0 Å². The number of aromatic nitrogens is 1. The SMILES string of the molecule is O=C(NC(=S)Nc1ccc(-c2nc3ccccc3o2)c(O)c1)c1ccc(F)cc1. The first-order chi connectivity index (χ1) is 14.0. The van der Waals surface area contributed by atoms with E-state index in [2.05, 4.69) is 15.6 Å². The Labute approximate surface area is 170 Å². The number of amides is 1. The van der Waals surface area contributed by atoms with Crippen LogP contribution in [0.3, 0.4) is 0 Å². The molecule has 1 amide bonds. The second-order valence-electron chi connectivity index (χ2n) is 6.13. The van der Waals surface area contributed by atoms with Gasteiger partial charge in [0.25, 0.3) is 5.91 Å². The van der Waals surface area contributed by atoms with Gasteiger partial charge in [0, 0.05) is 17.3 Å². The third-order valence-corrected chi connectivity index (χ3v) is 4.32. The first-order valence-electron chi connectivity index (χ1n) is 8.56. The quantitative estimate of drug-likeness (QED) is 0.435. The molecule has 0 aliphatic rings. The van der Waals surface area contributed by atoms with Gasteiger partial charge in [-0.05, 0) is 60.7 Å². The highest BCUT2D eigenvalue weighted by molar-refractivity contribution is 7.80. The number of carbonyl (C=O) groups is 1. The summed E-state index contributed by atoms with van der Waals surface area (Å²) in [6.45, 7) is 0. The molecule has 0 aliphatic heterocycles. The number of hydrogen-bond donors (Lipinski definition) is 3. The first kappa shape index (κ1) is 18.6. The van der Waals surface area contributed by atoms with Gasteiger partial charge in [0.15, 0.2) is 10.7 Å². The molecule has 0 aliphatic carbocycles. The van der Waals surface area contributed by atoms with Gasteiger partial charge in [-0.2, -0.15) is 0 Å². The molecule has 144 valence electrons. The number of halogens is 1. The number of fused-ring (bicyclic) bond motifs is 1. The molecule has 0 radical (unpaired) electrons. The molecule has 3 aromatic carbocycles. The van der Waals surface area contributed by atoms with E-state index < -0.39 is 11.7 Å². The van der Waals surface area contributed by atoms with E-state index in [1.165, 1.54) is 30.3 Å². The zero-order valence-electron chi connectivity index (χ0n) is 14.8. The zero-order chi connectivity index (χ0) is 20.4. The molecule has 0 atom stereocenters. The summed E-state index contributed by atoms with van der Waals surface area (Å²) in [5, 5.41) is 15.7. The van der Waals surface area contributed by atoms with Crippen LogP contribution in [-0.2, 0) is 0 Å². The van der Waals surface area contributed by atoms with Crippen LogP contribution in [0.25, 0.3) is 22.6 Å². The zero-order valence-corrected chi connectivity index (χ0v) is 15.7. The van der Waals surface area contributed by atoms with Crippen molar-refractivity contribution in [1.29, 1.82) is 0 Å². The fourth-order valence-corrected chi connectivity index (χ4v) is 2.93. The van der Waals surface area contributed by atoms with E-state index in [0.29, 0.717) is 28.2 Å². The van der Waals surface area contributed by atoms with Crippen LogP contribution in [0.5, 0.6) is 5.75 Å². The van der Waals surface area contributed by atoms with E-state index in [4.69, 9.17) is 16.6 Å². The Hall–Kier alpha value is -3.78. The number of benzene rings is 3. The number of phenolic OH excluding ortho intramolecular Hbond substituents is 1. The molecule has 0 saturated heterocycles. The maximum Gasteiger partial charge on any atom is 0.257 e. The summed E-state index contributed by atoms with van der Waals surface area (Å²) in [7, 11) is 0. The molecule has 29 heavy (non-hydrogen) atoms. The van der Waals surface area contributed by atoms with E-state index in [9.17, 15) is 14.3 Å². The van der Waals surface area contributed by atoms with Gasteiger partial charge < -0.3 is 14.8 Å². The van der Waals surface area contributed by atoms with E-state index in [0.717, 1.165) is 0 Å². The minimum atomic E-state index is -0.477. The number of hydrogen-bond acceptors (Lipinski definition) is 5. The van der Waals surface area contributed by atoms with E-state index >= 15 is 0 Å². The number of rotatable bonds is 3. The number of anilines is 1. The number of nitrogens with zero attached hydrogens (tertiary/aromatic N) is 1. The summed E-state index contributed by atoms with van der Waals surface area (Å²) in [4.78, 5) is 16.5. The van der Waals surface area contributed by atoms with Crippen molar-refractivity contribution >= 4 is 40.0 Å². The van der Waals surface area contributed by atoms with Crippen molar-refractivity contribution in [3.05, 3.63) is 78.1 Å². The molecule has 0 bridgehead atoms. The summed E-state index contributed by atoms with van der Waals surface area (Å²) in [5.74, 6) is -0.678. The van der Waals surface area contributed by atoms with Crippen LogP contribution in [0.15, 0.2) is 71.1 Å². The summed E-state index contributed by atoms with van der Waals surface area (Å²) < 4.78 is 18.6. The van der Waals surface area contributed by atoms with Crippen molar-refractivity contribution in [1.82, 2.24) is 10.3 Å². The molecule has 0 spiro atoms. The smallest absolute Gasteiger partial charge is 0.257 e. The lowest BCUT2D eigenvalue weighted by Gasteiger charge is -2.10. The lowest BCUT2D eigenvalue weighted by atomic mass is 10.2. The molecule has 3 N–H and O–H groups in total. The van der Waals surface area contributed by atoms with Crippen molar-refractivity contribution in [2.24, 2.45) is 0 Å². The molecular formula is C21H14FN3O3S. The van der Waals surface area contributed by atoms with Gasteiger partial charge in [0.2, 0.25) is 5.89 Å². The highest BCUT2D eigenvalue weighted by atomic mass is 32.1. The highest BCUT2D eigenvalue weighted by Gasteiger charge is 2.14. The predicted molar refractivity (Wildman–Crippen MR) is 111 cm³/mol. The third-order valence-electron chi connectivity index (χ3n) is 4.11. The number of thiocarbonyl (C=S) groups is 1. The highest BCUT2D eigenvalue weighted by Crippen LogP contribution is 2.32. The van der Waals surface area contributed by atoms with Crippen molar-refractivity contribution in [3.63, 3.8) is 0 Å². The average Bonchev–Trinajstić information content (AvgIpc) is 3.12. The van der Waals surface area contributed by atoms with Gasteiger partial charge in [-0.25, -0.2) is 9.37 Å². The Bertz CT molecular complexity index is 1190. The molecule has 6 nitrogen and oxygen atoms in total. The molecule has 0 saturated carbocycles. The van der Waals surface area contributed by atoms with Crippen LogP contribution in [0.4, 0.5) is 10.1 Å². The monoisotopic (exact) mass is 407 g/mol. The van der Waals surface area contributed by atoms with Gasteiger partial charge in [0.1, 0.15) is 17.1 Å². The summed E-state index contributed by atoms with van der Waals surface area (Å²) in [5.41, 5.74) is 2.46. The predicted octanol–water partition coefficient (Wildman–Crippen LogP) is 4.47. The Morgan fingerprint density at radius 2 is 1.83 bits per heavy atom. The van der Waals surface area contributed by atoms with Gasteiger partial charge in [-0.1, -0.05) is 12.1 Å². The number of oxazole rings is 1. The van der Waals surface area contributed by atoms with Gasteiger partial charge in [0.05, 0.1) is 5.56 Å². The molecule has 1 aromatic heterocycles. The van der Waals surface area contributed by atoms with Gasteiger partial charge >= 0.3 is 0 Å². The molecule has 4 aromatic rings. The summed E-state index contributed by atoms with van der Waals surface area (Å²) in [6, 6.07) is 17.1. The van der Waals surface area contributed by atoms with Gasteiger partial charge in [-0.15, -0.1) is 0 Å². The average molecular weight is 407 g/mol. The van der Waals surface area contributed by atoms with Crippen LogP contribution < -0.4 is 10.6 Å². The first-order valence-corrected chi connectivity index (χ1v) is 8.97. The van der Waals surface area contributed by atoms with Crippen LogP contribution in [0.1, 0.15) is 10.4 Å². The largest absolute Gasteiger partial charge is 0.507 e. The Morgan fingerprint density at radius 1 is 1.07 bits per heavy atom. The Morgan fingerprint density at radius 3 is 2.55 bits per heavy atom. The molecule has 0 unspecified atom stereocenters. The van der Waals surface area contributed by atoms with Crippen LogP contribution in [0, 0.1) is 5.82 Å². The number of nitrogens with one attached hydrogen (secondary N) is 2. The molecule has 8 heteroatoms. The molecule has 1 heterocycles.